The van der Waals surface area contributed by atoms with Gasteiger partial charge in [-0.2, -0.15) is 0 Å². The van der Waals surface area contributed by atoms with Gasteiger partial charge in [0.1, 0.15) is 11.2 Å². The smallest absolute Gasteiger partial charge is 0.410 e. The van der Waals surface area contributed by atoms with E-state index in [0.717, 1.165) is 0 Å². The lowest BCUT2D eigenvalue weighted by molar-refractivity contribution is -0.0177. The Morgan fingerprint density at radius 3 is 2.00 bits per heavy atom. The van der Waals surface area contributed by atoms with Crippen molar-refractivity contribution in [2.45, 2.75) is 65.2 Å². The Kier molecular flexibility index (Phi) is 6.27. The zero-order valence-electron chi connectivity index (χ0n) is 15.1. The molecule has 0 aromatic rings. The summed E-state index contributed by atoms with van der Waals surface area (Å²) in [7, 11) is 0. The van der Waals surface area contributed by atoms with Gasteiger partial charge >= 0.3 is 12.2 Å². The molecule has 23 heavy (non-hydrogen) atoms. The first-order chi connectivity index (χ1) is 10.4. The van der Waals surface area contributed by atoms with E-state index in [9.17, 15) is 14.7 Å². The summed E-state index contributed by atoms with van der Waals surface area (Å²) in [5.74, 6) is 0. The lowest BCUT2D eigenvalue weighted by atomic mass is 10.1. The molecule has 7 nitrogen and oxygen atoms in total. The molecule has 1 atom stereocenters. The molecule has 7 heteroatoms. The molecular weight excluding hydrogens is 300 g/mol. The van der Waals surface area contributed by atoms with Crippen molar-refractivity contribution < 1.29 is 24.2 Å². The molecule has 1 rings (SSSR count). The van der Waals surface area contributed by atoms with E-state index in [4.69, 9.17) is 9.47 Å². The monoisotopic (exact) mass is 330 g/mol. The molecule has 1 fully saturated rings. The highest BCUT2D eigenvalue weighted by molar-refractivity contribution is 5.71. The van der Waals surface area contributed by atoms with E-state index in [2.05, 4.69) is 0 Å². The first-order valence-corrected chi connectivity index (χ1v) is 8.01. The van der Waals surface area contributed by atoms with E-state index in [1.165, 1.54) is 0 Å². The maximum atomic E-state index is 12.3. The summed E-state index contributed by atoms with van der Waals surface area (Å²) in [6.07, 6.45) is -0.428. The van der Waals surface area contributed by atoms with Gasteiger partial charge in [0, 0.05) is 26.2 Å². The number of carbonyl (C=O) groups excluding carboxylic acids is 2. The summed E-state index contributed by atoms with van der Waals surface area (Å²) in [5.41, 5.74) is -1.14. The van der Waals surface area contributed by atoms with Crippen LogP contribution in [0.1, 0.15) is 48.0 Å². The Hall–Kier alpha value is -1.50. The highest BCUT2D eigenvalue weighted by Gasteiger charge is 2.35. The first kappa shape index (κ1) is 19.5. The molecule has 1 N–H and O–H groups in total. The lowest BCUT2D eigenvalue weighted by Gasteiger charge is -2.41. The third-order valence-corrected chi connectivity index (χ3v) is 3.22. The fourth-order valence-electron chi connectivity index (χ4n) is 2.30. The zero-order chi connectivity index (χ0) is 17.8. The molecule has 1 aliphatic heterocycles. The van der Waals surface area contributed by atoms with Gasteiger partial charge < -0.3 is 24.4 Å². The number of hydrogen-bond acceptors (Lipinski definition) is 5. The number of ether oxygens (including phenoxy) is 2. The summed E-state index contributed by atoms with van der Waals surface area (Å²) in [4.78, 5) is 27.6. The van der Waals surface area contributed by atoms with Crippen molar-refractivity contribution in [3.63, 3.8) is 0 Å². The fraction of sp³-hybridized carbons (Fsp3) is 0.875. The van der Waals surface area contributed by atoms with Gasteiger partial charge in [0.05, 0.1) is 6.04 Å². The Morgan fingerprint density at radius 2 is 1.52 bits per heavy atom. The normalized spacial score (nSPS) is 19.5. The van der Waals surface area contributed by atoms with Crippen molar-refractivity contribution in [2.24, 2.45) is 0 Å². The summed E-state index contributed by atoms with van der Waals surface area (Å²) in [6.45, 7) is 11.9. The number of carbonyl (C=O) groups is 2. The maximum Gasteiger partial charge on any atom is 0.410 e. The fourth-order valence-corrected chi connectivity index (χ4v) is 2.30. The topological polar surface area (TPSA) is 79.3 Å². The SMILES string of the molecule is CC(C)(C)OC(=O)N1CCN(C(=O)OC(C)(C)C)[C@H](CCO)C1. The van der Waals surface area contributed by atoms with Crippen LogP contribution in [0.4, 0.5) is 9.59 Å². The predicted molar refractivity (Wildman–Crippen MR) is 86.2 cm³/mol. The third kappa shape index (κ3) is 6.64. The standard InChI is InChI=1S/C16H30N2O5/c1-15(2,3)22-13(20)17-8-9-18(12(11-17)7-10-19)14(21)23-16(4,5)6/h12,19H,7-11H2,1-6H3/t12-/m1/s1. The molecule has 1 aliphatic rings. The number of piperazine rings is 1. The van der Waals surface area contributed by atoms with Crippen LogP contribution in [-0.4, -0.2) is 70.6 Å². The number of aliphatic hydroxyl groups is 1. The second-order valence-electron chi connectivity index (χ2n) is 7.77. The van der Waals surface area contributed by atoms with E-state index >= 15 is 0 Å². The largest absolute Gasteiger partial charge is 0.444 e. The lowest BCUT2D eigenvalue weighted by Crippen LogP contribution is -2.58. The van der Waals surface area contributed by atoms with Crippen LogP contribution in [0, 0.1) is 0 Å². The second-order valence-corrected chi connectivity index (χ2v) is 7.77. The van der Waals surface area contributed by atoms with E-state index in [1.54, 1.807) is 9.80 Å². The van der Waals surface area contributed by atoms with Crippen LogP contribution in [0.3, 0.4) is 0 Å². The van der Waals surface area contributed by atoms with Crippen molar-refractivity contribution in [1.29, 1.82) is 0 Å². The van der Waals surface area contributed by atoms with Gasteiger partial charge in [-0.1, -0.05) is 0 Å². The van der Waals surface area contributed by atoms with Gasteiger partial charge in [0.15, 0.2) is 0 Å². The van der Waals surface area contributed by atoms with E-state index in [-0.39, 0.29) is 12.6 Å². The average molecular weight is 330 g/mol. The van der Waals surface area contributed by atoms with Crippen LogP contribution in [0.2, 0.25) is 0 Å². The molecule has 1 heterocycles. The summed E-state index contributed by atoms with van der Waals surface area (Å²) < 4.78 is 10.8. The Bertz CT molecular complexity index is 425. The molecule has 0 aromatic heterocycles. The van der Waals surface area contributed by atoms with Crippen LogP contribution in [-0.2, 0) is 9.47 Å². The van der Waals surface area contributed by atoms with Crippen molar-refractivity contribution in [2.75, 3.05) is 26.2 Å². The van der Waals surface area contributed by atoms with Crippen LogP contribution < -0.4 is 0 Å². The minimum absolute atomic E-state index is 0.0634. The molecule has 0 unspecified atom stereocenters. The minimum Gasteiger partial charge on any atom is -0.444 e. The van der Waals surface area contributed by atoms with Gasteiger partial charge in [0.2, 0.25) is 0 Å². The molecule has 0 aromatic carbocycles. The molecule has 0 spiro atoms. The van der Waals surface area contributed by atoms with Gasteiger partial charge in [-0.25, -0.2) is 9.59 Å². The van der Waals surface area contributed by atoms with Crippen molar-refractivity contribution >= 4 is 12.2 Å². The number of nitrogens with zero attached hydrogens (tertiary/aromatic N) is 2. The van der Waals surface area contributed by atoms with Crippen LogP contribution in [0.15, 0.2) is 0 Å². The van der Waals surface area contributed by atoms with Crippen LogP contribution in [0.25, 0.3) is 0 Å². The van der Waals surface area contributed by atoms with Crippen LogP contribution in [0.5, 0.6) is 0 Å². The molecule has 0 bridgehead atoms. The number of rotatable bonds is 2. The molecule has 1 saturated heterocycles. The highest BCUT2D eigenvalue weighted by atomic mass is 16.6. The summed E-state index contributed by atoms with van der Waals surface area (Å²) in [6, 6.07) is -0.281. The van der Waals surface area contributed by atoms with Crippen molar-refractivity contribution in [1.82, 2.24) is 9.80 Å². The van der Waals surface area contributed by atoms with E-state index < -0.39 is 23.4 Å². The molecular formula is C16H30N2O5. The summed E-state index contributed by atoms with van der Waals surface area (Å²) in [5, 5.41) is 9.25. The summed E-state index contributed by atoms with van der Waals surface area (Å²) >= 11 is 0. The van der Waals surface area contributed by atoms with E-state index in [0.29, 0.717) is 26.1 Å². The second kappa shape index (κ2) is 7.38. The minimum atomic E-state index is -0.580. The predicted octanol–water partition coefficient (Wildman–Crippen LogP) is 2.23. The van der Waals surface area contributed by atoms with Crippen molar-refractivity contribution in [3.8, 4) is 0 Å². The van der Waals surface area contributed by atoms with Gasteiger partial charge in [-0.15, -0.1) is 0 Å². The van der Waals surface area contributed by atoms with Crippen molar-refractivity contribution in [3.05, 3.63) is 0 Å². The Labute approximate surface area is 138 Å². The van der Waals surface area contributed by atoms with Gasteiger partial charge in [-0.05, 0) is 48.0 Å². The quantitative estimate of drug-likeness (QED) is 0.840. The first-order valence-electron chi connectivity index (χ1n) is 8.01. The highest BCUT2D eigenvalue weighted by Crippen LogP contribution is 2.19. The number of aliphatic hydroxyl groups excluding tert-OH is 1. The Balaban J connectivity index is 2.74. The number of hydrogen-bond donors (Lipinski definition) is 1. The molecule has 134 valence electrons. The molecule has 2 amide bonds. The molecule has 0 radical (unpaired) electrons. The average Bonchev–Trinajstić information content (AvgIpc) is 2.34. The zero-order valence-corrected chi connectivity index (χ0v) is 15.1. The van der Waals surface area contributed by atoms with Gasteiger partial charge in [0.25, 0.3) is 0 Å². The molecule has 0 aliphatic carbocycles. The molecule has 0 saturated carbocycles. The number of amides is 2. The Morgan fingerprint density at radius 1 is 1.00 bits per heavy atom. The third-order valence-electron chi connectivity index (χ3n) is 3.22. The van der Waals surface area contributed by atoms with E-state index in [1.807, 2.05) is 41.5 Å². The van der Waals surface area contributed by atoms with Crippen LogP contribution >= 0.6 is 0 Å². The maximum absolute atomic E-state index is 12.3. The van der Waals surface area contributed by atoms with Gasteiger partial charge in [-0.3, -0.25) is 0 Å².